The molecule has 0 unspecified atom stereocenters. The van der Waals surface area contributed by atoms with Crippen molar-refractivity contribution in [1.29, 1.82) is 0 Å². The third kappa shape index (κ3) is 1.33. The molecule has 1 aliphatic rings. The maximum Gasteiger partial charge on any atom is 0.223 e. The Morgan fingerprint density at radius 1 is 1.43 bits per heavy atom. The first-order chi connectivity index (χ1) is 6.70. The molecule has 0 saturated carbocycles. The molecule has 1 amide bonds. The molecule has 1 heterocycles. The van der Waals surface area contributed by atoms with E-state index in [2.05, 4.69) is 12.6 Å². The Balaban J connectivity index is 2.41. The van der Waals surface area contributed by atoms with Crippen molar-refractivity contribution in [2.45, 2.75) is 13.3 Å². The predicted octanol–water partition coefficient (Wildman–Crippen LogP) is 2.06. The van der Waals surface area contributed by atoms with Gasteiger partial charge in [-0.25, -0.2) is 0 Å². The normalized spacial score (nSPS) is 15.2. The van der Waals surface area contributed by atoms with Crippen LogP contribution in [0.2, 0.25) is 0 Å². The van der Waals surface area contributed by atoms with E-state index in [9.17, 15) is 4.79 Å². The Kier molecular flexibility index (Phi) is 2.12. The first kappa shape index (κ1) is 9.00. The van der Waals surface area contributed by atoms with Crippen molar-refractivity contribution in [2.24, 2.45) is 0 Å². The molecule has 0 aliphatic carbocycles. The van der Waals surface area contributed by atoms with Gasteiger partial charge in [-0.05, 0) is 12.0 Å². The minimum Gasteiger partial charge on any atom is -0.312 e. The standard InChI is InChI=1S/C12H13NO/c1-9-12-6-4-3-5-11(12)7-8-13(9)10(2)14/h3-6H,1,7-8H2,2H3. The van der Waals surface area contributed by atoms with Crippen LogP contribution in [0.3, 0.4) is 0 Å². The lowest BCUT2D eigenvalue weighted by Crippen LogP contribution is -2.32. The van der Waals surface area contributed by atoms with Gasteiger partial charge in [0.2, 0.25) is 5.91 Å². The summed E-state index contributed by atoms with van der Waals surface area (Å²) in [6.07, 6.45) is 0.925. The van der Waals surface area contributed by atoms with Crippen LogP contribution >= 0.6 is 0 Å². The highest BCUT2D eigenvalue weighted by atomic mass is 16.2. The van der Waals surface area contributed by atoms with Gasteiger partial charge in [0.05, 0.1) is 0 Å². The molecule has 1 aromatic carbocycles. The Labute approximate surface area is 83.8 Å². The summed E-state index contributed by atoms with van der Waals surface area (Å²) in [5.74, 6) is 0.0736. The molecule has 0 aromatic heterocycles. The van der Waals surface area contributed by atoms with Crippen molar-refractivity contribution < 1.29 is 4.79 Å². The van der Waals surface area contributed by atoms with E-state index in [4.69, 9.17) is 0 Å². The Morgan fingerprint density at radius 2 is 2.14 bits per heavy atom. The maximum atomic E-state index is 11.3. The van der Waals surface area contributed by atoms with Crippen LogP contribution < -0.4 is 0 Å². The average molecular weight is 187 g/mol. The first-order valence-corrected chi connectivity index (χ1v) is 4.75. The molecule has 1 aliphatic heterocycles. The zero-order valence-corrected chi connectivity index (χ0v) is 8.29. The quantitative estimate of drug-likeness (QED) is 0.608. The minimum absolute atomic E-state index is 0.0736. The third-order valence-corrected chi connectivity index (χ3v) is 2.64. The van der Waals surface area contributed by atoms with E-state index in [-0.39, 0.29) is 5.91 Å². The van der Waals surface area contributed by atoms with Crippen LogP contribution in [0.5, 0.6) is 0 Å². The summed E-state index contributed by atoms with van der Waals surface area (Å²) in [5.41, 5.74) is 3.23. The van der Waals surface area contributed by atoms with E-state index in [0.717, 1.165) is 24.2 Å². The van der Waals surface area contributed by atoms with Gasteiger partial charge in [0.25, 0.3) is 0 Å². The summed E-state index contributed by atoms with van der Waals surface area (Å²) in [5, 5.41) is 0. The molecule has 14 heavy (non-hydrogen) atoms. The van der Waals surface area contributed by atoms with Crippen molar-refractivity contribution in [2.75, 3.05) is 6.54 Å². The highest BCUT2D eigenvalue weighted by Gasteiger charge is 2.21. The van der Waals surface area contributed by atoms with Crippen molar-refractivity contribution in [1.82, 2.24) is 4.90 Å². The van der Waals surface area contributed by atoms with Gasteiger partial charge < -0.3 is 4.90 Å². The fourth-order valence-corrected chi connectivity index (χ4v) is 1.88. The van der Waals surface area contributed by atoms with Gasteiger partial charge in [-0.3, -0.25) is 4.79 Å². The topological polar surface area (TPSA) is 20.3 Å². The second-order valence-corrected chi connectivity index (χ2v) is 3.52. The molecule has 0 N–H and O–H groups in total. The summed E-state index contributed by atoms with van der Waals surface area (Å²) in [6.45, 7) is 6.30. The monoisotopic (exact) mass is 187 g/mol. The van der Waals surface area contributed by atoms with E-state index in [0.29, 0.717) is 0 Å². The van der Waals surface area contributed by atoms with Gasteiger partial charge >= 0.3 is 0 Å². The van der Waals surface area contributed by atoms with Crippen LogP contribution in [0.1, 0.15) is 18.1 Å². The number of hydrogen-bond acceptors (Lipinski definition) is 1. The molecule has 0 saturated heterocycles. The predicted molar refractivity (Wildman–Crippen MR) is 56.6 cm³/mol. The second kappa shape index (κ2) is 3.29. The van der Waals surface area contributed by atoms with Gasteiger partial charge in [0.1, 0.15) is 0 Å². The number of carbonyl (C=O) groups excluding carboxylic acids is 1. The van der Waals surface area contributed by atoms with Crippen LogP contribution in [0.25, 0.3) is 5.70 Å². The van der Waals surface area contributed by atoms with E-state index in [1.807, 2.05) is 18.2 Å². The van der Waals surface area contributed by atoms with E-state index < -0.39 is 0 Å². The van der Waals surface area contributed by atoms with Gasteiger partial charge in [0, 0.05) is 24.7 Å². The molecule has 0 spiro atoms. The lowest BCUT2D eigenvalue weighted by molar-refractivity contribution is -0.125. The van der Waals surface area contributed by atoms with E-state index in [1.165, 1.54) is 5.56 Å². The van der Waals surface area contributed by atoms with Gasteiger partial charge in [-0.15, -0.1) is 0 Å². The summed E-state index contributed by atoms with van der Waals surface area (Å²) in [7, 11) is 0. The third-order valence-electron chi connectivity index (χ3n) is 2.64. The van der Waals surface area contributed by atoms with Crippen molar-refractivity contribution in [3.8, 4) is 0 Å². The lowest BCUT2D eigenvalue weighted by Gasteiger charge is -2.29. The molecular weight excluding hydrogens is 174 g/mol. The fourth-order valence-electron chi connectivity index (χ4n) is 1.88. The van der Waals surface area contributed by atoms with Crippen LogP contribution in [0, 0.1) is 0 Å². The van der Waals surface area contributed by atoms with E-state index >= 15 is 0 Å². The van der Waals surface area contributed by atoms with Crippen molar-refractivity contribution >= 4 is 11.6 Å². The van der Waals surface area contributed by atoms with Gasteiger partial charge in [-0.2, -0.15) is 0 Å². The lowest BCUT2D eigenvalue weighted by atomic mass is 9.97. The molecule has 0 fully saturated rings. The number of carbonyl (C=O) groups is 1. The average Bonchev–Trinajstić information content (AvgIpc) is 2.18. The highest BCUT2D eigenvalue weighted by molar-refractivity contribution is 5.86. The van der Waals surface area contributed by atoms with Crippen LogP contribution in [-0.2, 0) is 11.2 Å². The van der Waals surface area contributed by atoms with Gasteiger partial charge in [-0.1, -0.05) is 30.8 Å². The zero-order valence-electron chi connectivity index (χ0n) is 8.29. The summed E-state index contributed by atoms with van der Waals surface area (Å²) >= 11 is 0. The molecule has 1 aromatic rings. The Hall–Kier alpha value is -1.57. The number of amides is 1. The van der Waals surface area contributed by atoms with E-state index in [1.54, 1.807) is 11.8 Å². The van der Waals surface area contributed by atoms with Crippen LogP contribution in [0.4, 0.5) is 0 Å². The molecule has 0 bridgehead atoms. The molecule has 0 atom stereocenters. The SMILES string of the molecule is C=C1c2ccccc2CCN1C(C)=O. The number of benzene rings is 1. The number of nitrogens with zero attached hydrogens (tertiary/aromatic N) is 1. The second-order valence-electron chi connectivity index (χ2n) is 3.52. The maximum absolute atomic E-state index is 11.3. The summed E-state index contributed by atoms with van der Waals surface area (Å²) < 4.78 is 0. The zero-order chi connectivity index (χ0) is 10.1. The summed E-state index contributed by atoms with van der Waals surface area (Å²) in [6, 6.07) is 8.12. The molecule has 72 valence electrons. The number of fused-ring (bicyclic) bond motifs is 1. The number of rotatable bonds is 0. The van der Waals surface area contributed by atoms with Gasteiger partial charge in [0.15, 0.2) is 0 Å². The number of hydrogen-bond donors (Lipinski definition) is 0. The minimum atomic E-state index is 0.0736. The largest absolute Gasteiger partial charge is 0.312 e. The molecule has 0 radical (unpaired) electrons. The van der Waals surface area contributed by atoms with Crippen LogP contribution in [-0.4, -0.2) is 17.4 Å². The molecule has 2 heteroatoms. The molecule has 2 nitrogen and oxygen atoms in total. The molecular formula is C12H13NO. The fraction of sp³-hybridized carbons (Fsp3) is 0.250. The smallest absolute Gasteiger partial charge is 0.223 e. The summed E-state index contributed by atoms with van der Waals surface area (Å²) in [4.78, 5) is 13.0. The highest BCUT2D eigenvalue weighted by Crippen LogP contribution is 2.26. The van der Waals surface area contributed by atoms with Crippen LogP contribution in [0.15, 0.2) is 30.8 Å². The van der Waals surface area contributed by atoms with Crippen molar-refractivity contribution in [3.05, 3.63) is 42.0 Å². The Morgan fingerprint density at radius 3 is 2.86 bits per heavy atom. The first-order valence-electron chi connectivity index (χ1n) is 4.75. The Bertz CT molecular complexity index is 395. The van der Waals surface area contributed by atoms with Crippen molar-refractivity contribution in [3.63, 3.8) is 0 Å². The molecule has 2 rings (SSSR count).